The number of rotatable bonds is 5. The number of hydrogen-bond acceptors (Lipinski definition) is 3. The van der Waals surface area contributed by atoms with Crippen LogP contribution in [0.4, 0.5) is 0 Å². The number of likely N-dealkylation sites (tertiary alicyclic amines) is 1. The quantitative estimate of drug-likeness (QED) is 0.579. The third kappa shape index (κ3) is 5.28. The second kappa shape index (κ2) is 9.38. The van der Waals surface area contributed by atoms with Crippen molar-refractivity contribution in [1.82, 2.24) is 9.80 Å². The first-order valence-electron chi connectivity index (χ1n) is 8.39. The minimum absolute atomic E-state index is 0.203. The maximum absolute atomic E-state index is 12.0. The Balaban J connectivity index is 0.00000116. The molecule has 2 heterocycles. The van der Waals surface area contributed by atoms with E-state index in [9.17, 15) is 14.4 Å². The third-order valence-electron chi connectivity index (χ3n) is 4.06. The number of imide groups is 1. The van der Waals surface area contributed by atoms with Gasteiger partial charge in [0.15, 0.2) is 0 Å². The number of carbonyl (C=O) groups excluding carboxylic acids is 3. The van der Waals surface area contributed by atoms with Crippen molar-refractivity contribution in [3.8, 4) is 0 Å². The van der Waals surface area contributed by atoms with Gasteiger partial charge in [-0.1, -0.05) is 20.8 Å². The van der Waals surface area contributed by atoms with Crippen LogP contribution in [0, 0.1) is 5.92 Å². The Labute approximate surface area is 133 Å². The summed E-state index contributed by atoms with van der Waals surface area (Å²) in [5.41, 5.74) is 0. The van der Waals surface area contributed by atoms with Crippen LogP contribution < -0.4 is 0 Å². The Hall–Kier alpha value is -1.65. The van der Waals surface area contributed by atoms with Gasteiger partial charge in [-0.15, -0.1) is 0 Å². The van der Waals surface area contributed by atoms with Crippen LogP contribution in [0.15, 0.2) is 12.2 Å². The number of nitrogens with zero attached hydrogens (tertiary/aromatic N) is 2. The summed E-state index contributed by atoms with van der Waals surface area (Å²) in [4.78, 5) is 37.8. The van der Waals surface area contributed by atoms with E-state index in [1.54, 1.807) is 0 Å². The van der Waals surface area contributed by atoms with Crippen molar-refractivity contribution in [2.45, 2.75) is 52.9 Å². The molecule has 0 unspecified atom stereocenters. The first-order chi connectivity index (χ1) is 10.6. The van der Waals surface area contributed by atoms with Crippen LogP contribution in [0.3, 0.4) is 0 Å². The molecule has 2 aliphatic heterocycles. The molecule has 0 N–H and O–H groups in total. The van der Waals surface area contributed by atoms with E-state index < -0.39 is 0 Å². The number of amides is 3. The minimum atomic E-state index is -0.244. The summed E-state index contributed by atoms with van der Waals surface area (Å²) in [6, 6.07) is 0. The van der Waals surface area contributed by atoms with Gasteiger partial charge in [-0.2, -0.15) is 0 Å². The highest BCUT2D eigenvalue weighted by molar-refractivity contribution is 6.12. The fourth-order valence-electron chi connectivity index (χ4n) is 2.61. The zero-order valence-corrected chi connectivity index (χ0v) is 14.0. The zero-order valence-electron chi connectivity index (χ0n) is 14.0. The molecule has 2 aliphatic rings. The molecule has 0 spiro atoms. The Kier molecular flexibility index (Phi) is 7.85. The molecule has 1 fully saturated rings. The molecule has 0 aromatic heterocycles. The predicted molar refractivity (Wildman–Crippen MR) is 86.0 cm³/mol. The highest BCUT2D eigenvalue weighted by Gasteiger charge is 2.23. The Morgan fingerprint density at radius 3 is 2.18 bits per heavy atom. The SMILES string of the molecule is CC.CC1CCN(C(=O)CCCCN2C(=O)C=CC2=O)CC1. The second-order valence-electron chi connectivity index (χ2n) is 5.68. The van der Waals surface area contributed by atoms with Gasteiger partial charge in [0.1, 0.15) is 0 Å². The van der Waals surface area contributed by atoms with Crippen LogP contribution in [0.1, 0.15) is 52.9 Å². The molecule has 0 atom stereocenters. The number of piperidine rings is 1. The van der Waals surface area contributed by atoms with E-state index in [0.717, 1.165) is 38.3 Å². The maximum atomic E-state index is 12.0. The van der Waals surface area contributed by atoms with E-state index in [4.69, 9.17) is 0 Å². The first-order valence-corrected chi connectivity index (χ1v) is 8.39. The molecule has 124 valence electrons. The van der Waals surface area contributed by atoms with Crippen LogP contribution in [0.25, 0.3) is 0 Å². The van der Waals surface area contributed by atoms with Gasteiger partial charge in [0, 0.05) is 38.2 Å². The molecule has 1 saturated heterocycles. The van der Waals surface area contributed by atoms with E-state index in [-0.39, 0.29) is 17.7 Å². The summed E-state index contributed by atoms with van der Waals surface area (Å²) in [5, 5.41) is 0. The highest BCUT2D eigenvalue weighted by atomic mass is 16.2. The molecule has 5 nitrogen and oxygen atoms in total. The molecule has 3 amide bonds. The van der Waals surface area contributed by atoms with E-state index in [2.05, 4.69) is 6.92 Å². The minimum Gasteiger partial charge on any atom is -0.343 e. The summed E-state index contributed by atoms with van der Waals surface area (Å²) in [5.74, 6) is 0.436. The molecule has 0 radical (unpaired) electrons. The van der Waals surface area contributed by atoms with Crippen molar-refractivity contribution >= 4 is 17.7 Å². The average Bonchev–Trinajstić information content (AvgIpc) is 2.85. The molecule has 0 aliphatic carbocycles. The normalized spacial score (nSPS) is 18.5. The van der Waals surface area contributed by atoms with Gasteiger partial charge >= 0.3 is 0 Å². The van der Waals surface area contributed by atoms with E-state index in [0.29, 0.717) is 19.4 Å². The zero-order chi connectivity index (χ0) is 16.5. The van der Waals surface area contributed by atoms with Crippen LogP contribution in [-0.2, 0) is 14.4 Å². The third-order valence-corrected chi connectivity index (χ3v) is 4.06. The van der Waals surface area contributed by atoms with Gasteiger partial charge in [-0.05, 0) is 31.6 Å². The van der Waals surface area contributed by atoms with Gasteiger partial charge in [-0.3, -0.25) is 19.3 Å². The lowest BCUT2D eigenvalue weighted by molar-refractivity contribution is -0.136. The monoisotopic (exact) mass is 308 g/mol. The topological polar surface area (TPSA) is 57.7 Å². The van der Waals surface area contributed by atoms with Gasteiger partial charge in [0.25, 0.3) is 11.8 Å². The second-order valence-corrected chi connectivity index (χ2v) is 5.68. The highest BCUT2D eigenvalue weighted by Crippen LogP contribution is 2.17. The molecular formula is C17H28N2O3. The molecule has 22 heavy (non-hydrogen) atoms. The molecule has 0 aromatic carbocycles. The lowest BCUT2D eigenvalue weighted by Crippen LogP contribution is -2.37. The molecule has 0 bridgehead atoms. The van der Waals surface area contributed by atoms with Crippen molar-refractivity contribution in [2.24, 2.45) is 5.92 Å². The number of carbonyl (C=O) groups is 3. The van der Waals surface area contributed by atoms with Crippen LogP contribution in [-0.4, -0.2) is 47.2 Å². The van der Waals surface area contributed by atoms with Crippen molar-refractivity contribution in [2.75, 3.05) is 19.6 Å². The lowest BCUT2D eigenvalue weighted by atomic mass is 9.99. The van der Waals surface area contributed by atoms with E-state index in [1.807, 2.05) is 18.7 Å². The standard InChI is InChI=1S/C15H22N2O3.C2H6/c1-12-7-10-16(11-8-12)13(18)4-2-3-9-17-14(19)5-6-15(17)20;1-2/h5-6,12H,2-4,7-11H2,1H3;1-2H3. The molecule has 0 aromatic rings. The van der Waals surface area contributed by atoms with Gasteiger partial charge in [-0.25, -0.2) is 0 Å². The Bertz CT molecular complexity index is 406. The van der Waals surface area contributed by atoms with Gasteiger partial charge in [0.2, 0.25) is 5.91 Å². The van der Waals surface area contributed by atoms with E-state index >= 15 is 0 Å². The predicted octanol–water partition coefficient (Wildman–Crippen LogP) is 2.37. The van der Waals surface area contributed by atoms with Crippen molar-refractivity contribution < 1.29 is 14.4 Å². The van der Waals surface area contributed by atoms with Crippen LogP contribution in [0.5, 0.6) is 0 Å². The van der Waals surface area contributed by atoms with Gasteiger partial charge in [0.05, 0.1) is 0 Å². The molecular weight excluding hydrogens is 280 g/mol. The summed E-state index contributed by atoms with van der Waals surface area (Å²) < 4.78 is 0. The summed E-state index contributed by atoms with van der Waals surface area (Å²) >= 11 is 0. The molecule has 2 rings (SSSR count). The summed E-state index contributed by atoms with van der Waals surface area (Å²) in [7, 11) is 0. The Morgan fingerprint density at radius 2 is 1.64 bits per heavy atom. The molecule has 5 heteroatoms. The summed E-state index contributed by atoms with van der Waals surface area (Å²) in [6.45, 7) is 8.37. The Morgan fingerprint density at radius 1 is 1.09 bits per heavy atom. The number of unbranched alkanes of at least 4 members (excludes halogenated alkanes) is 1. The maximum Gasteiger partial charge on any atom is 0.253 e. The van der Waals surface area contributed by atoms with Crippen LogP contribution in [0.2, 0.25) is 0 Å². The smallest absolute Gasteiger partial charge is 0.253 e. The summed E-state index contributed by atoms with van der Waals surface area (Å²) in [6.07, 6.45) is 6.70. The van der Waals surface area contributed by atoms with Crippen molar-refractivity contribution in [3.63, 3.8) is 0 Å². The largest absolute Gasteiger partial charge is 0.343 e. The first kappa shape index (κ1) is 18.4. The van der Waals surface area contributed by atoms with Crippen molar-refractivity contribution in [1.29, 1.82) is 0 Å². The fourth-order valence-corrected chi connectivity index (χ4v) is 2.61. The number of hydrogen-bond donors (Lipinski definition) is 0. The van der Waals surface area contributed by atoms with Crippen molar-refractivity contribution in [3.05, 3.63) is 12.2 Å². The van der Waals surface area contributed by atoms with E-state index in [1.165, 1.54) is 17.1 Å². The lowest BCUT2D eigenvalue weighted by Gasteiger charge is -2.30. The van der Waals surface area contributed by atoms with Crippen LogP contribution >= 0.6 is 0 Å². The average molecular weight is 308 g/mol. The van der Waals surface area contributed by atoms with Gasteiger partial charge < -0.3 is 4.90 Å². The fraction of sp³-hybridized carbons (Fsp3) is 0.706. The molecule has 0 saturated carbocycles.